The number of hydrogen-bond donors (Lipinski definition) is 0. The first-order chi connectivity index (χ1) is 41.4. The molecule has 0 aliphatic heterocycles. The molecule has 0 aliphatic rings. The van der Waals surface area contributed by atoms with Crippen LogP contribution < -0.4 is 9.80 Å². The maximum Gasteiger partial charge on any atom is 0.312 e. The Labute approximate surface area is 565 Å². The van der Waals surface area contributed by atoms with Gasteiger partial charge in [-0.15, -0.1) is 0 Å². The van der Waals surface area contributed by atoms with E-state index in [0.29, 0.717) is 91.5 Å². The van der Waals surface area contributed by atoms with Crippen molar-refractivity contribution in [3.63, 3.8) is 0 Å². The van der Waals surface area contributed by atoms with Crippen LogP contribution in [0.4, 0.5) is 11.4 Å². The summed E-state index contributed by atoms with van der Waals surface area (Å²) in [5.41, 5.74) is 8.06. The summed E-state index contributed by atoms with van der Waals surface area (Å²) < 4.78 is 10.1. The van der Waals surface area contributed by atoms with Crippen molar-refractivity contribution in [2.45, 2.75) is 336 Å². The molecule has 12 heteroatoms. The van der Waals surface area contributed by atoms with Crippen LogP contribution in [-0.4, -0.2) is 120 Å². The molecule has 0 aromatic heterocycles. The van der Waals surface area contributed by atoms with Crippen molar-refractivity contribution in [2.24, 2.45) is 46.8 Å². The van der Waals surface area contributed by atoms with Crippen LogP contribution in [0.3, 0.4) is 0 Å². The number of nitrogens with zero attached hydrogens (tertiary/aromatic N) is 5. The molecule has 534 valence electrons. The molecule has 0 bridgehead atoms. The molecule has 3 amide bonds. The maximum absolute atomic E-state index is 11.8. The second kappa shape index (κ2) is 49.9. The fourth-order valence-electron chi connectivity index (χ4n) is 9.00. The number of ether oxygens (including phenoxy) is 2. The van der Waals surface area contributed by atoms with Crippen LogP contribution in [0.2, 0.25) is 0 Å². The van der Waals surface area contributed by atoms with Crippen LogP contribution in [0.25, 0.3) is 0 Å². The number of aryl methyl sites for hydroxylation is 4. The van der Waals surface area contributed by atoms with Crippen LogP contribution in [0.5, 0.6) is 0 Å². The summed E-state index contributed by atoms with van der Waals surface area (Å²) in [6.45, 7) is 77.6. The number of carbonyl (C=O) groups excluding carboxylic acids is 5. The highest BCUT2D eigenvalue weighted by Gasteiger charge is 2.33. The predicted molar refractivity (Wildman–Crippen MR) is 398 cm³/mol. The van der Waals surface area contributed by atoms with E-state index < -0.39 is 0 Å². The molecule has 2 aromatic carbocycles. The number of esters is 2. The molecule has 0 saturated carbocycles. The first-order valence-electron chi connectivity index (χ1n) is 35.3. The third kappa shape index (κ3) is 46.2. The number of benzene rings is 2. The van der Waals surface area contributed by atoms with E-state index in [2.05, 4.69) is 199 Å². The molecule has 0 aliphatic carbocycles. The number of hydrogen-bond acceptors (Lipinski definition) is 9. The molecule has 91 heavy (non-hydrogen) atoms. The van der Waals surface area contributed by atoms with E-state index in [4.69, 9.17) is 9.47 Å². The van der Waals surface area contributed by atoms with Crippen LogP contribution >= 0.6 is 0 Å². The highest BCUT2D eigenvalue weighted by atomic mass is 16.5. The zero-order chi connectivity index (χ0) is 72.7. The molecular formula is C79H151N5O7. The van der Waals surface area contributed by atoms with E-state index in [1.807, 2.05) is 116 Å². The Kier molecular flexibility index (Phi) is 52.1. The van der Waals surface area contributed by atoms with Gasteiger partial charge in [0.1, 0.15) is 0 Å². The van der Waals surface area contributed by atoms with E-state index in [9.17, 15) is 24.0 Å². The quantitative estimate of drug-likeness (QED) is 0.0848. The third-order valence-electron chi connectivity index (χ3n) is 15.3. The molecule has 0 N–H and O–H groups in total. The van der Waals surface area contributed by atoms with Gasteiger partial charge < -0.3 is 34.0 Å². The smallest absolute Gasteiger partial charge is 0.312 e. The molecule has 0 radical (unpaired) electrons. The van der Waals surface area contributed by atoms with Gasteiger partial charge in [-0.05, 0) is 229 Å². The summed E-state index contributed by atoms with van der Waals surface area (Å²) in [4.78, 5) is 67.4. The minimum Gasteiger partial charge on any atom is -0.463 e. The van der Waals surface area contributed by atoms with Crippen LogP contribution in [-0.2, 0) is 33.4 Å². The summed E-state index contributed by atoms with van der Waals surface area (Å²) in [6, 6.07) is 15.5. The maximum atomic E-state index is 11.8. The fourth-order valence-corrected chi connectivity index (χ4v) is 9.00. The first kappa shape index (κ1) is 95.1. The molecule has 0 saturated heterocycles. The van der Waals surface area contributed by atoms with Gasteiger partial charge in [0.2, 0.25) is 17.7 Å². The lowest BCUT2D eigenvalue weighted by Crippen LogP contribution is -2.42. The summed E-state index contributed by atoms with van der Waals surface area (Å²) in [7, 11) is 3.71. The third-order valence-corrected chi connectivity index (χ3v) is 15.3. The van der Waals surface area contributed by atoms with Gasteiger partial charge in [0.25, 0.3) is 0 Å². The largest absolute Gasteiger partial charge is 0.463 e. The molecular weight excluding hydrogens is 1130 g/mol. The second-order valence-corrected chi connectivity index (χ2v) is 30.9. The molecule has 0 fully saturated rings. The topological polar surface area (TPSA) is 120 Å². The van der Waals surface area contributed by atoms with Crippen molar-refractivity contribution < 1.29 is 33.4 Å². The Morgan fingerprint density at radius 3 is 0.857 bits per heavy atom. The van der Waals surface area contributed by atoms with E-state index >= 15 is 0 Å². The Balaban J connectivity index is -0.000000319. The number of carbonyl (C=O) groups is 5. The molecule has 0 spiro atoms. The van der Waals surface area contributed by atoms with Gasteiger partial charge in [0, 0.05) is 100 Å². The van der Waals surface area contributed by atoms with Crippen LogP contribution in [0, 0.1) is 74.5 Å². The van der Waals surface area contributed by atoms with Crippen LogP contribution in [0.15, 0.2) is 36.4 Å². The van der Waals surface area contributed by atoms with E-state index in [1.54, 1.807) is 9.80 Å². The molecule has 0 atom stereocenters. The van der Waals surface area contributed by atoms with Gasteiger partial charge in [0.05, 0.1) is 17.6 Å². The SMILES string of the molecule is CC(C)CC(=O)N(C(C)C)C(C)C.CC(C)CC(=O)N(C)C(C)C.CC(C)CC(=O)N(C)C(C)C.CC(C)CC(=O)OC(C)C.CC(C)OC(=O)C(C)(C)C(C)C.Cc1cccc(C)c1N(CCC(C)C)C(C)C.Cc1cccc(C)c1N(CCC(C)C)C(C)C. The van der Waals surface area contributed by atoms with Gasteiger partial charge in [-0.25, -0.2) is 0 Å². The minimum absolute atomic E-state index is 0.0180. The normalized spacial score (nSPS) is 11.3. The lowest BCUT2D eigenvalue weighted by Gasteiger charge is -2.32. The Morgan fingerprint density at radius 1 is 0.374 bits per heavy atom. The number of amides is 3. The molecule has 12 nitrogen and oxygen atoms in total. The molecule has 2 aromatic rings. The molecule has 2 rings (SSSR count). The summed E-state index contributed by atoms with van der Waals surface area (Å²) >= 11 is 0. The summed E-state index contributed by atoms with van der Waals surface area (Å²) in [5, 5.41) is 0. The summed E-state index contributed by atoms with van der Waals surface area (Å²) in [6.07, 6.45) is 5.03. The van der Waals surface area contributed by atoms with Gasteiger partial charge in [-0.2, -0.15) is 0 Å². The first-order valence-corrected chi connectivity index (χ1v) is 35.3. The zero-order valence-corrected chi connectivity index (χ0v) is 66.9. The van der Waals surface area contributed by atoms with Gasteiger partial charge in [0.15, 0.2) is 0 Å². The predicted octanol–water partition coefficient (Wildman–Crippen LogP) is 20.2. The van der Waals surface area contributed by atoms with Crippen molar-refractivity contribution in [3.8, 4) is 0 Å². The van der Waals surface area contributed by atoms with E-state index in [1.165, 1.54) is 46.5 Å². The lowest BCUT2D eigenvalue weighted by atomic mass is 9.81. The number of rotatable bonds is 26. The highest BCUT2D eigenvalue weighted by Crippen LogP contribution is 2.30. The average molecular weight is 1280 g/mol. The van der Waals surface area contributed by atoms with Gasteiger partial charge in [-0.3, -0.25) is 24.0 Å². The Hall–Kier alpha value is -4.61. The van der Waals surface area contributed by atoms with Crippen molar-refractivity contribution in [3.05, 3.63) is 58.7 Å². The Morgan fingerprint density at radius 2 is 0.648 bits per heavy atom. The highest BCUT2D eigenvalue weighted by molar-refractivity contribution is 5.78. The lowest BCUT2D eigenvalue weighted by molar-refractivity contribution is -0.160. The second-order valence-electron chi connectivity index (χ2n) is 30.9. The van der Waals surface area contributed by atoms with Crippen molar-refractivity contribution >= 4 is 41.0 Å². The summed E-state index contributed by atoms with van der Waals surface area (Å²) in [5.74, 6) is 4.18. The minimum atomic E-state index is -0.371. The van der Waals surface area contributed by atoms with E-state index in [-0.39, 0.29) is 47.3 Å². The van der Waals surface area contributed by atoms with E-state index in [0.717, 1.165) is 24.9 Å². The molecule has 0 heterocycles. The number of anilines is 2. The monoisotopic (exact) mass is 1280 g/mol. The van der Waals surface area contributed by atoms with Crippen molar-refractivity contribution in [2.75, 3.05) is 37.0 Å². The van der Waals surface area contributed by atoms with Gasteiger partial charge >= 0.3 is 11.9 Å². The standard InChI is InChI=1S/2C16H27N.C11H23NO.C10H20O2.2C9H19NO.C8H16O2/c2*1-12(2)10-11-17(13(3)4)16-14(5)8-7-9-15(16)6;1-8(2)7-11(13)12(9(3)4)10(5)6;1-7(2)10(5,6)9(11)12-8(3)4;2*1-7(2)6-9(11)10(5)8(3)4;1-6(2)5-8(9)10-7(3)4/h2*7-9,12-13H,10-11H2,1-6H3;8-10H,7H2,1-6H3;7-8H,1-6H3;2*7-8H,6H2,1-5H3;6-7H,5H2,1-4H3. The average Bonchev–Trinajstić information content (AvgIpc) is 3.55. The van der Waals surface area contributed by atoms with Crippen molar-refractivity contribution in [1.82, 2.24) is 14.7 Å². The fraction of sp³-hybridized carbons (Fsp3) is 0.785. The Bertz CT molecular complexity index is 2070. The van der Waals surface area contributed by atoms with Gasteiger partial charge in [-0.1, -0.05) is 133 Å². The molecule has 0 unspecified atom stereocenters. The van der Waals surface area contributed by atoms with Crippen LogP contribution in [0.1, 0.15) is 282 Å². The number of para-hydroxylation sites is 2. The van der Waals surface area contributed by atoms with Crippen molar-refractivity contribution in [1.29, 1.82) is 0 Å². The zero-order valence-electron chi connectivity index (χ0n) is 66.9.